The van der Waals surface area contributed by atoms with E-state index < -0.39 is 6.03 Å². The van der Waals surface area contributed by atoms with Gasteiger partial charge in [0, 0.05) is 26.1 Å². The minimum atomic E-state index is -0.453. The zero-order chi connectivity index (χ0) is 19.2. The van der Waals surface area contributed by atoms with E-state index in [1.165, 1.54) is 18.0 Å². The molecule has 0 bridgehead atoms. The van der Waals surface area contributed by atoms with Crippen LogP contribution >= 0.6 is 55.2 Å². The predicted octanol–water partition coefficient (Wildman–Crippen LogP) is 6.76. The van der Waals surface area contributed by atoms with Crippen LogP contribution in [0.15, 0.2) is 83.0 Å². The van der Waals surface area contributed by atoms with Crippen LogP contribution in [0.3, 0.4) is 0 Å². The van der Waals surface area contributed by atoms with Crippen molar-refractivity contribution in [3.8, 4) is 0 Å². The molecule has 3 rings (SSSR count). The first kappa shape index (κ1) is 20.0. The van der Waals surface area contributed by atoms with Crippen LogP contribution < -0.4 is 10.7 Å². The fourth-order valence-corrected chi connectivity index (χ4v) is 3.85. The van der Waals surface area contributed by atoms with E-state index in [1.54, 1.807) is 18.2 Å². The maximum absolute atomic E-state index is 11.8. The maximum Gasteiger partial charge on any atom is 0.339 e. The van der Waals surface area contributed by atoms with Gasteiger partial charge in [-0.25, -0.2) is 10.2 Å². The van der Waals surface area contributed by atoms with Gasteiger partial charge in [-0.2, -0.15) is 5.10 Å². The topological polar surface area (TPSA) is 66.6 Å². The molecule has 5 nitrogen and oxygen atoms in total. The molecular weight excluding hydrogens is 518 g/mol. The Morgan fingerprint density at radius 1 is 1.15 bits per heavy atom. The van der Waals surface area contributed by atoms with Gasteiger partial charge in [-0.3, -0.25) is 0 Å². The Bertz CT molecular complexity index is 977. The Labute approximate surface area is 181 Å². The number of carbonyl (C=O) groups excluding carboxylic acids is 1. The summed E-state index contributed by atoms with van der Waals surface area (Å²) in [7, 11) is 0. The summed E-state index contributed by atoms with van der Waals surface area (Å²) in [5.74, 6) is 0.501. The van der Waals surface area contributed by atoms with Gasteiger partial charge in [-0.15, -0.1) is 0 Å². The lowest BCUT2D eigenvalue weighted by Crippen LogP contribution is -2.24. The predicted molar refractivity (Wildman–Crippen MR) is 116 cm³/mol. The minimum absolute atomic E-state index is 0.453. The number of nitrogens with one attached hydrogen (secondary N) is 2. The summed E-state index contributed by atoms with van der Waals surface area (Å²) in [5, 5.41) is 7.92. The molecule has 138 valence electrons. The third kappa shape index (κ3) is 6.14. The first-order valence-electron chi connectivity index (χ1n) is 7.58. The molecule has 0 saturated carbocycles. The number of urea groups is 1. The zero-order valence-corrected chi connectivity index (χ0v) is 18.3. The van der Waals surface area contributed by atoms with Crippen molar-refractivity contribution in [1.82, 2.24) is 5.43 Å². The fourth-order valence-electron chi connectivity index (χ4n) is 1.99. The third-order valence-electron chi connectivity index (χ3n) is 3.14. The third-order valence-corrected chi connectivity index (χ3v) is 5.73. The molecule has 1 heterocycles. The molecule has 3 aromatic rings. The first-order valence-corrected chi connectivity index (χ1v) is 10.4. The number of hydrogen-bond donors (Lipinski definition) is 2. The van der Waals surface area contributed by atoms with Crippen molar-refractivity contribution in [2.45, 2.75) is 9.99 Å². The van der Waals surface area contributed by atoms with Gasteiger partial charge in [0.05, 0.1) is 10.7 Å². The lowest BCUT2D eigenvalue weighted by molar-refractivity contribution is 0.252. The highest BCUT2D eigenvalue weighted by atomic mass is 79.9. The smallest absolute Gasteiger partial charge is 0.339 e. The minimum Gasteiger partial charge on any atom is -0.447 e. The number of nitrogens with zero attached hydrogens (tertiary/aromatic N) is 1. The number of furan rings is 1. The lowest BCUT2D eigenvalue weighted by Gasteiger charge is -2.03. The van der Waals surface area contributed by atoms with E-state index in [1.807, 2.05) is 36.4 Å². The number of halogens is 3. The highest BCUT2D eigenvalue weighted by Gasteiger charge is 2.10. The average Bonchev–Trinajstić information content (AvgIpc) is 2.96. The molecule has 0 atom stereocenters. The van der Waals surface area contributed by atoms with Gasteiger partial charge in [-0.05, 0) is 58.4 Å². The van der Waals surface area contributed by atoms with Crippen molar-refractivity contribution in [3.63, 3.8) is 0 Å². The molecular formula is C18H12Br2ClN3O2S. The zero-order valence-electron chi connectivity index (χ0n) is 13.6. The van der Waals surface area contributed by atoms with E-state index >= 15 is 0 Å². The molecule has 1 aromatic heterocycles. The van der Waals surface area contributed by atoms with Gasteiger partial charge in [0.15, 0.2) is 5.09 Å². The fraction of sp³-hybridized carbons (Fsp3) is 0. The second-order valence-electron chi connectivity index (χ2n) is 5.17. The Kier molecular flexibility index (Phi) is 7.01. The molecule has 0 spiro atoms. The van der Waals surface area contributed by atoms with Crippen molar-refractivity contribution >= 4 is 73.2 Å². The van der Waals surface area contributed by atoms with E-state index in [0.717, 1.165) is 13.8 Å². The quantitative estimate of drug-likeness (QED) is 0.283. The van der Waals surface area contributed by atoms with E-state index in [0.29, 0.717) is 21.6 Å². The van der Waals surface area contributed by atoms with E-state index in [9.17, 15) is 4.79 Å². The van der Waals surface area contributed by atoms with Crippen LogP contribution in [0.2, 0.25) is 5.02 Å². The molecule has 0 aliphatic carbocycles. The van der Waals surface area contributed by atoms with Crippen molar-refractivity contribution in [2.75, 3.05) is 5.32 Å². The number of hydrogen-bond acceptors (Lipinski definition) is 4. The van der Waals surface area contributed by atoms with Gasteiger partial charge < -0.3 is 9.73 Å². The van der Waals surface area contributed by atoms with Crippen LogP contribution in [0.25, 0.3) is 0 Å². The van der Waals surface area contributed by atoms with Crippen LogP contribution in [0.1, 0.15) is 5.76 Å². The molecule has 2 N–H and O–H groups in total. The van der Waals surface area contributed by atoms with Crippen LogP contribution in [0.4, 0.5) is 10.5 Å². The van der Waals surface area contributed by atoms with Crippen molar-refractivity contribution in [1.29, 1.82) is 0 Å². The standard InChI is InChI=1S/C18H12Br2ClN3O2S/c19-11-2-1-3-13(8-11)23-18(25)24-22-10-14-9-16(20)17(26-14)27-15-6-4-12(21)5-7-15/h1-10H,(H2,23,24,25)/b22-10+. The largest absolute Gasteiger partial charge is 0.447 e. The van der Waals surface area contributed by atoms with E-state index in [2.05, 4.69) is 47.7 Å². The Morgan fingerprint density at radius 2 is 1.93 bits per heavy atom. The van der Waals surface area contributed by atoms with Crippen LogP contribution in [0.5, 0.6) is 0 Å². The first-order chi connectivity index (χ1) is 13.0. The Hall–Kier alpha value is -1.74. The molecule has 0 fully saturated rings. The van der Waals surface area contributed by atoms with Gasteiger partial charge in [0.1, 0.15) is 5.76 Å². The number of carbonyl (C=O) groups is 1. The second-order valence-corrected chi connectivity index (χ2v) is 8.43. The molecule has 27 heavy (non-hydrogen) atoms. The maximum atomic E-state index is 11.8. The van der Waals surface area contributed by atoms with Gasteiger partial charge >= 0.3 is 6.03 Å². The molecule has 9 heteroatoms. The van der Waals surface area contributed by atoms with Gasteiger partial charge in [0.2, 0.25) is 0 Å². The van der Waals surface area contributed by atoms with Crippen LogP contribution in [0, 0.1) is 0 Å². The average molecular weight is 530 g/mol. The Balaban J connectivity index is 1.57. The van der Waals surface area contributed by atoms with Crippen molar-refractivity contribution in [3.05, 3.63) is 74.3 Å². The monoisotopic (exact) mass is 527 g/mol. The van der Waals surface area contributed by atoms with Crippen LogP contribution in [-0.4, -0.2) is 12.2 Å². The molecule has 0 saturated heterocycles. The van der Waals surface area contributed by atoms with E-state index in [-0.39, 0.29) is 0 Å². The summed E-state index contributed by atoms with van der Waals surface area (Å²) in [6.45, 7) is 0. The lowest BCUT2D eigenvalue weighted by atomic mass is 10.3. The van der Waals surface area contributed by atoms with Crippen molar-refractivity contribution < 1.29 is 9.21 Å². The normalized spacial score (nSPS) is 10.9. The molecule has 0 radical (unpaired) electrons. The number of anilines is 1. The van der Waals surface area contributed by atoms with E-state index in [4.69, 9.17) is 16.0 Å². The summed E-state index contributed by atoms with van der Waals surface area (Å²) in [6.07, 6.45) is 1.43. The molecule has 2 aromatic carbocycles. The highest BCUT2D eigenvalue weighted by Crippen LogP contribution is 2.35. The number of hydrazone groups is 1. The summed E-state index contributed by atoms with van der Waals surface area (Å²) < 4.78 is 7.38. The Morgan fingerprint density at radius 3 is 2.67 bits per heavy atom. The summed E-state index contributed by atoms with van der Waals surface area (Å²) in [6, 6.07) is 16.0. The number of benzene rings is 2. The van der Waals surface area contributed by atoms with Crippen molar-refractivity contribution in [2.24, 2.45) is 5.10 Å². The van der Waals surface area contributed by atoms with Gasteiger partial charge in [0.25, 0.3) is 0 Å². The highest BCUT2D eigenvalue weighted by molar-refractivity contribution is 9.10. The van der Waals surface area contributed by atoms with Gasteiger partial charge in [-0.1, -0.05) is 45.4 Å². The molecule has 0 aliphatic rings. The molecule has 0 aliphatic heterocycles. The molecule has 2 amide bonds. The second kappa shape index (κ2) is 9.45. The summed E-state index contributed by atoms with van der Waals surface area (Å²) >= 11 is 14.1. The summed E-state index contributed by atoms with van der Waals surface area (Å²) in [4.78, 5) is 12.8. The number of rotatable bonds is 5. The SMILES string of the molecule is O=C(N/N=C/c1cc(Br)c(Sc2ccc(Cl)cc2)o1)Nc1cccc(Br)c1. The summed E-state index contributed by atoms with van der Waals surface area (Å²) in [5.41, 5.74) is 3.04. The molecule has 0 unspecified atom stereocenters. The number of amides is 2. The van der Waals surface area contributed by atoms with Crippen LogP contribution in [-0.2, 0) is 0 Å².